The summed E-state index contributed by atoms with van der Waals surface area (Å²) in [6, 6.07) is 5.87. The number of aliphatic hydroxyl groups excluding tert-OH is 1. The van der Waals surface area contributed by atoms with Gasteiger partial charge in [0.15, 0.2) is 0 Å². The van der Waals surface area contributed by atoms with Gasteiger partial charge in [-0.05, 0) is 51.5 Å². The van der Waals surface area contributed by atoms with Crippen LogP contribution in [0.4, 0.5) is 11.4 Å². The number of hydrogen-bond acceptors (Lipinski definition) is 6. The molecule has 3 heterocycles. The zero-order chi connectivity index (χ0) is 26.4. The highest BCUT2D eigenvalue weighted by molar-refractivity contribution is 9.09. The molecule has 3 fully saturated rings. The number of aliphatic hydroxyl groups is 1. The number of halogens is 1. The summed E-state index contributed by atoms with van der Waals surface area (Å²) in [7, 11) is 0. The maximum atomic E-state index is 14.3. The molecule has 7 atom stereocenters. The molecule has 1 unspecified atom stereocenters. The Bertz CT molecular complexity index is 1030. The number of rotatable bonds is 10. The molecule has 10 heteroatoms. The minimum atomic E-state index is -1.29. The number of carboxylic acid groups (broad SMARTS) is 1. The lowest BCUT2D eigenvalue weighted by Gasteiger charge is -2.38. The van der Waals surface area contributed by atoms with Gasteiger partial charge in [0.1, 0.15) is 11.6 Å². The zero-order valence-electron chi connectivity index (χ0n) is 20.8. The van der Waals surface area contributed by atoms with Gasteiger partial charge in [-0.3, -0.25) is 14.4 Å². The third-order valence-electron chi connectivity index (χ3n) is 7.85. The van der Waals surface area contributed by atoms with E-state index in [2.05, 4.69) is 41.3 Å². The van der Waals surface area contributed by atoms with Gasteiger partial charge in [0.25, 0.3) is 5.91 Å². The Morgan fingerprint density at radius 1 is 1.28 bits per heavy atom. The lowest BCUT2D eigenvalue weighted by molar-refractivity contribution is -0.150. The van der Waals surface area contributed by atoms with Gasteiger partial charge in [0, 0.05) is 35.8 Å². The summed E-state index contributed by atoms with van der Waals surface area (Å²) in [5, 5.41) is 19.9. The number of nitrogens with zero attached hydrogens (tertiary/aromatic N) is 3. The van der Waals surface area contributed by atoms with Crippen LogP contribution in [0.25, 0.3) is 0 Å². The molecule has 1 aromatic carbocycles. The number of anilines is 2. The highest BCUT2D eigenvalue weighted by atomic mass is 79.9. The van der Waals surface area contributed by atoms with E-state index in [0.29, 0.717) is 12.1 Å². The minimum Gasteiger partial charge on any atom is -0.481 e. The van der Waals surface area contributed by atoms with Crippen molar-refractivity contribution in [2.45, 2.75) is 55.8 Å². The van der Waals surface area contributed by atoms with Gasteiger partial charge in [0.2, 0.25) is 5.91 Å². The second-order valence-corrected chi connectivity index (χ2v) is 10.9. The van der Waals surface area contributed by atoms with E-state index in [1.807, 2.05) is 24.3 Å². The lowest BCUT2D eigenvalue weighted by Crippen LogP contribution is -2.58. The Morgan fingerprint density at radius 2 is 1.89 bits per heavy atom. The normalized spacial score (nSPS) is 31.3. The number of carbonyl (C=O) groups is 3. The van der Waals surface area contributed by atoms with Crippen molar-refractivity contribution in [1.82, 2.24) is 4.90 Å². The van der Waals surface area contributed by atoms with E-state index >= 15 is 0 Å². The van der Waals surface area contributed by atoms with E-state index in [-0.39, 0.29) is 23.9 Å². The molecular formula is C26H34BrN3O6. The molecule has 3 aliphatic heterocycles. The van der Waals surface area contributed by atoms with Crippen molar-refractivity contribution in [3.63, 3.8) is 0 Å². The fourth-order valence-corrected chi connectivity index (χ4v) is 7.17. The molecular weight excluding hydrogens is 530 g/mol. The second kappa shape index (κ2) is 10.1. The first kappa shape index (κ1) is 26.6. The Labute approximate surface area is 219 Å². The van der Waals surface area contributed by atoms with Crippen LogP contribution in [-0.2, 0) is 19.1 Å². The van der Waals surface area contributed by atoms with Gasteiger partial charge in [0.05, 0.1) is 30.6 Å². The van der Waals surface area contributed by atoms with Gasteiger partial charge >= 0.3 is 5.97 Å². The van der Waals surface area contributed by atoms with Crippen molar-refractivity contribution in [2.75, 3.05) is 36.0 Å². The quantitative estimate of drug-likeness (QED) is 0.332. The van der Waals surface area contributed by atoms with Crippen LogP contribution in [0, 0.1) is 11.8 Å². The first-order valence-corrected chi connectivity index (χ1v) is 13.3. The molecule has 0 aliphatic carbocycles. The van der Waals surface area contributed by atoms with Crippen LogP contribution < -0.4 is 9.80 Å². The maximum Gasteiger partial charge on any atom is 0.310 e. The monoisotopic (exact) mass is 563 g/mol. The number of fused-ring (bicyclic) bond motifs is 1. The van der Waals surface area contributed by atoms with Gasteiger partial charge in [-0.2, -0.15) is 0 Å². The van der Waals surface area contributed by atoms with Gasteiger partial charge < -0.3 is 29.6 Å². The Balaban J connectivity index is 1.77. The lowest BCUT2D eigenvalue weighted by atomic mass is 9.70. The summed E-state index contributed by atoms with van der Waals surface area (Å²) in [4.78, 5) is 45.0. The van der Waals surface area contributed by atoms with Gasteiger partial charge in [-0.25, -0.2) is 0 Å². The summed E-state index contributed by atoms with van der Waals surface area (Å²) >= 11 is 3.54. The Morgan fingerprint density at radius 3 is 2.42 bits per heavy atom. The van der Waals surface area contributed by atoms with Crippen LogP contribution in [0.5, 0.6) is 0 Å². The molecule has 1 spiro atoms. The fraction of sp³-hybridized carbons (Fsp3) is 0.577. The molecule has 0 saturated carbocycles. The average molecular weight is 564 g/mol. The predicted octanol–water partition coefficient (Wildman–Crippen LogP) is 2.27. The molecule has 36 heavy (non-hydrogen) atoms. The van der Waals surface area contributed by atoms with Crippen molar-refractivity contribution in [3.05, 3.63) is 36.9 Å². The number of carbonyl (C=O) groups excluding carboxylic acids is 2. The number of benzene rings is 1. The standard InChI is InChI=1S/C26H34BrN3O6/c1-5-12-29(17-10-8-16(9-11-17)28(6-2)7-3)24(33)22-26-13-18(27)21(36-26)19(25(34)35)20(26)23(32)30(22)15(4)14-31/h5,8-11,15,18-22,31H,1,6-7,12-14H2,2-4H3,(H,34,35)/t15-,18?,19+,20-,21+,22+,26-/m1/s1. The smallest absolute Gasteiger partial charge is 0.310 e. The number of ether oxygens (including phenoxy) is 1. The third-order valence-corrected chi connectivity index (χ3v) is 8.70. The minimum absolute atomic E-state index is 0.194. The molecule has 2 N–H and O–H groups in total. The fourth-order valence-electron chi connectivity index (χ4n) is 6.22. The Kier molecular flexibility index (Phi) is 7.50. The highest BCUT2D eigenvalue weighted by Crippen LogP contribution is 2.60. The van der Waals surface area contributed by atoms with E-state index in [1.165, 1.54) is 4.90 Å². The van der Waals surface area contributed by atoms with Crippen molar-refractivity contribution >= 4 is 45.1 Å². The van der Waals surface area contributed by atoms with Crippen molar-refractivity contribution in [3.8, 4) is 0 Å². The zero-order valence-corrected chi connectivity index (χ0v) is 22.4. The second-order valence-electron chi connectivity index (χ2n) is 9.71. The molecule has 4 rings (SSSR count). The number of carboxylic acids is 1. The number of alkyl halides is 1. The van der Waals surface area contributed by atoms with Crippen LogP contribution >= 0.6 is 15.9 Å². The topological polar surface area (TPSA) is 111 Å². The third kappa shape index (κ3) is 3.94. The van der Waals surface area contributed by atoms with Crippen LogP contribution in [0.15, 0.2) is 36.9 Å². The number of amides is 2. The van der Waals surface area contributed by atoms with E-state index in [1.54, 1.807) is 17.9 Å². The van der Waals surface area contributed by atoms with Crippen LogP contribution in [0.1, 0.15) is 27.2 Å². The number of likely N-dealkylation sites (tertiary alicyclic amines) is 1. The SMILES string of the molecule is C=CCN(C(=O)[C@@H]1N([C@H](C)CO)C(=O)[C@H]2[C@H](C(=O)O)[C@H]3O[C@@]12CC3Br)c1ccc(N(CC)CC)cc1. The summed E-state index contributed by atoms with van der Waals surface area (Å²) in [6.45, 7) is 11.2. The van der Waals surface area contributed by atoms with E-state index in [0.717, 1.165) is 18.8 Å². The summed E-state index contributed by atoms with van der Waals surface area (Å²) in [5.41, 5.74) is 0.377. The molecule has 3 aliphatic rings. The summed E-state index contributed by atoms with van der Waals surface area (Å²) in [6.07, 6.45) is 1.23. The Hall–Kier alpha value is -2.43. The molecule has 0 radical (unpaired) electrons. The van der Waals surface area contributed by atoms with Gasteiger partial charge in [-0.1, -0.05) is 22.0 Å². The van der Waals surface area contributed by atoms with E-state index in [4.69, 9.17) is 4.74 Å². The van der Waals surface area contributed by atoms with E-state index < -0.39 is 47.5 Å². The summed E-state index contributed by atoms with van der Waals surface area (Å²) in [5.74, 6) is -4.02. The van der Waals surface area contributed by atoms with E-state index in [9.17, 15) is 24.6 Å². The van der Waals surface area contributed by atoms with Crippen LogP contribution in [0.3, 0.4) is 0 Å². The molecule has 9 nitrogen and oxygen atoms in total. The van der Waals surface area contributed by atoms with Gasteiger partial charge in [-0.15, -0.1) is 6.58 Å². The molecule has 3 saturated heterocycles. The van der Waals surface area contributed by atoms with Crippen molar-refractivity contribution < 1.29 is 29.3 Å². The first-order chi connectivity index (χ1) is 17.2. The molecule has 2 amide bonds. The van der Waals surface area contributed by atoms with Crippen LogP contribution in [0.2, 0.25) is 0 Å². The van der Waals surface area contributed by atoms with Crippen molar-refractivity contribution in [1.29, 1.82) is 0 Å². The molecule has 1 aromatic rings. The maximum absolute atomic E-state index is 14.3. The van der Waals surface area contributed by atoms with Crippen LogP contribution in [-0.4, -0.2) is 87.8 Å². The van der Waals surface area contributed by atoms with Crippen molar-refractivity contribution in [2.24, 2.45) is 11.8 Å². The largest absolute Gasteiger partial charge is 0.481 e. The molecule has 196 valence electrons. The predicted molar refractivity (Wildman–Crippen MR) is 139 cm³/mol. The highest BCUT2D eigenvalue weighted by Gasteiger charge is 2.77. The average Bonchev–Trinajstić information content (AvgIpc) is 3.46. The number of hydrogen-bond donors (Lipinski definition) is 2. The first-order valence-electron chi connectivity index (χ1n) is 12.4. The molecule has 0 aromatic heterocycles. The number of aliphatic carboxylic acids is 1. The summed E-state index contributed by atoms with van der Waals surface area (Å²) < 4.78 is 6.29. The molecule has 2 bridgehead atoms.